The average Bonchev–Trinajstić information content (AvgIpc) is 2.32. The van der Waals surface area contributed by atoms with E-state index >= 15 is 0 Å². The first kappa shape index (κ1) is 15.6. The van der Waals surface area contributed by atoms with Gasteiger partial charge in [-0.25, -0.2) is 0 Å². The van der Waals surface area contributed by atoms with Gasteiger partial charge in [-0.3, -0.25) is 0 Å². The lowest BCUT2D eigenvalue weighted by atomic mass is 10.1. The van der Waals surface area contributed by atoms with Crippen molar-refractivity contribution in [3.8, 4) is 0 Å². The Labute approximate surface area is 120 Å². The first-order chi connectivity index (χ1) is 8.58. The van der Waals surface area contributed by atoms with Crippen LogP contribution in [0.15, 0.2) is 12.1 Å². The molecular formula is C14H22Cl2N2. The summed E-state index contributed by atoms with van der Waals surface area (Å²) in [6, 6.07) is 3.62. The lowest BCUT2D eigenvalue weighted by molar-refractivity contribution is 0.278. The minimum atomic E-state index is 0.530. The normalized spacial score (nSPS) is 11.2. The van der Waals surface area contributed by atoms with Crippen LogP contribution in [0.3, 0.4) is 0 Å². The van der Waals surface area contributed by atoms with Gasteiger partial charge in [-0.15, -0.1) is 0 Å². The van der Waals surface area contributed by atoms with E-state index in [1.807, 2.05) is 6.07 Å². The molecule has 0 atom stereocenters. The number of nitrogen functional groups attached to an aromatic ring is 1. The zero-order chi connectivity index (χ0) is 13.5. The van der Waals surface area contributed by atoms with Gasteiger partial charge in [0.05, 0.1) is 10.7 Å². The topological polar surface area (TPSA) is 29.3 Å². The molecule has 18 heavy (non-hydrogen) atoms. The lowest BCUT2D eigenvalue weighted by Gasteiger charge is -2.21. The SMILES string of the molecule is CCCN(CCC)CCc1cc(N)c(Cl)cc1Cl. The van der Waals surface area contributed by atoms with E-state index in [0.29, 0.717) is 15.7 Å². The van der Waals surface area contributed by atoms with Crippen LogP contribution in [0, 0.1) is 0 Å². The number of nitrogens with two attached hydrogens (primary N) is 1. The molecule has 0 aliphatic carbocycles. The van der Waals surface area contributed by atoms with Gasteiger partial charge in [0.1, 0.15) is 0 Å². The van der Waals surface area contributed by atoms with Crippen molar-refractivity contribution in [2.24, 2.45) is 0 Å². The molecule has 2 nitrogen and oxygen atoms in total. The molecule has 1 rings (SSSR count). The Balaban J connectivity index is 2.64. The Morgan fingerprint density at radius 2 is 1.61 bits per heavy atom. The van der Waals surface area contributed by atoms with Gasteiger partial charge < -0.3 is 10.6 Å². The summed E-state index contributed by atoms with van der Waals surface area (Å²) in [6.07, 6.45) is 3.27. The predicted octanol–water partition coefficient (Wildman–Crippen LogP) is 4.24. The zero-order valence-corrected chi connectivity index (χ0v) is 12.7. The molecule has 0 unspecified atom stereocenters. The van der Waals surface area contributed by atoms with Gasteiger partial charge in [-0.1, -0.05) is 37.0 Å². The van der Waals surface area contributed by atoms with E-state index in [2.05, 4.69) is 18.7 Å². The van der Waals surface area contributed by atoms with Gasteiger partial charge in [0, 0.05) is 11.6 Å². The average molecular weight is 289 g/mol. The van der Waals surface area contributed by atoms with Crippen LogP contribution in [-0.2, 0) is 6.42 Å². The molecular weight excluding hydrogens is 267 g/mol. The zero-order valence-electron chi connectivity index (χ0n) is 11.2. The Bertz CT molecular complexity index is 374. The number of anilines is 1. The molecule has 0 saturated carbocycles. The van der Waals surface area contributed by atoms with Crippen LogP contribution >= 0.6 is 23.2 Å². The lowest BCUT2D eigenvalue weighted by Crippen LogP contribution is -2.27. The van der Waals surface area contributed by atoms with Crippen molar-refractivity contribution in [3.05, 3.63) is 27.7 Å². The van der Waals surface area contributed by atoms with E-state index in [0.717, 1.165) is 31.6 Å². The van der Waals surface area contributed by atoms with Crippen molar-refractivity contribution < 1.29 is 0 Å². The fraction of sp³-hybridized carbons (Fsp3) is 0.571. The molecule has 102 valence electrons. The maximum atomic E-state index is 6.18. The van der Waals surface area contributed by atoms with Gasteiger partial charge in [0.2, 0.25) is 0 Å². The summed E-state index contributed by atoms with van der Waals surface area (Å²) in [6.45, 7) is 7.69. The minimum Gasteiger partial charge on any atom is -0.398 e. The second-order valence-corrected chi connectivity index (χ2v) is 5.37. The van der Waals surface area contributed by atoms with Crippen LogP contribution in [0.1, 0.15) is 32.3 Å². The molecule has 0 aliphatic heterocycles. The summed E-state index contributed by atoms with van der Waals surface area (Å²) < 4.78 is 0. The summed E-state index contributed by atoms with van der Waals surface area (Å²) in [5, 5.41) is 1.24. The monoisotopic (exact) mass is 288 g/mol. The molecule has 1 aromatic rings. The number of benzene rings is 1. The highest BCUT2D eigenvalue weighted by Crippen LogP contribution is 2.27. The number of nitrogens with zero attached hydrogens (tertiary/aromatic N) is 1. The quantitative estimate of drug-likeness (QED) is 0.761. The summed E-state index contributed by atoms with van der Waals surface area (Å²) in [5.74, 6) is 0. The third kappa shape index (κ3) is 4.68. The fourth-order valence-corrected chi connectivity index (χ4v) is 2.53. The number of hydrogen-bond donors (Lipinski definition) is 1. The third-order valence-electron chi connectivity index (χ3n) is 2.94. The molecule has 0 radical (unpaired) electrons. The van der Waals surface area contributed by atoms with Crippen molar-refractivity contribution in [2.45, 2.75) is 33.1 Å². The molecule has 0 aliphatic rings. The van der Waals surface area contributed by atoms with E-state index in [4.69, 9.17) is 28.9 Å². The maximum Gasteiger partial charge on any atom is 0.0650 e. The van der Waals surface area contributed by atoms with Crippen LogP contribution in [0.5, 0.6) is 0 Å². The summed E-state index contributed by atoms with van der Waals surface area (Å²) in [4.78, 5) is 2.46. The van der Waals surface area contributed by atoms with Crippen molar-refractivity contribution in [3.63, 3.8) is 0 Å². The van der Waals surface area contributed by atoms with Gasteiger partial charge in [-0.05, 0) is 50.0 Å². The van der Waals surface area contributed by atoms with Crippen LogP contribution < -0.4 is 5.73 Å². The number of halogens is 2. The van der Waals surface area contributed by atoms with Crippen molar-refractivity contribution in [1.82, 2.24) is 4.90 Å². The molecule has 0 saturated heterocycles. The van der Waals surface area contributed by atoms with Crippen LogP contribution in [0.25, 0.3) is 0 Å². The number of rotatable bonds is 7. The van der Waals surface area contributed by atoms with Gasteiger partial charge in [-0.2, -0.15) is 0 Å². The summed E-state index contributed by atoms with van der Waals surface area (Å²) in [7, 11) is 0. The van der Waals surface area contributed by atoms with Crippen molar-refractivity contribution in [1.29, 1.82) is 0 Å². The van der Waals surface area contributed by atoms with Crippen LogP contribution in [0.2, 0.25) is 10.0 Å². The van der Waals surface area contributed by atoms with E-state index in [1.165, 1.54) is 12.8 Å². The highest BCUT2D eigenvalue weighted by atomic mass is 35.5. The first-order valence-corrected chi connectivity index (χ1v) is 7.29. The third-order valence-corrected chi connectivity index (χ3v) is 3.62. The molecule has 0 heterocycles. The summed E-state index contributed by atoms with van der Waals surface area (Å²) >= 11 is 12.1. The van der Waals surface area contributed by atoms with E-state index in [1.54, 1.807) is 6.07 Å². The second-order valence-electron chi connectivity index (χ2n) is 4.56. The highest BCUT2D eigenvalue weighted by molar-refractivity contribution is 6.36. The van der Waals surface area contributed by atoms with Crippen LogP contribution in [-0.4, -0.2) is 24.5 Å². The summed E-state index contributed by atoms with van der Waals surface area (Å²) in [5.41, 5.74) is 7.49. The molecule has 4 heteroatoms. The van der Waals surface area contributed by atoms with Crippen LogP contribution in [0.4, 0.5) is 5.69 Å². The molecule has 0 spiro atoms. The number of hydrogen-bond acceptors (Lipinski definition) is 2. The molecule has 1 aromatic carbocycles. The molecule has 0 aromatic heterocycles. The van der Waals surface area contributed by atoms with E-state index in [9.17, 15) is 0 Å². The Kier molecular flexibility index (Phi) is 6.83. The first-order valence-electron chi connectivity index (χ1n) is 6.54. The largest absolute Gasteiger partial charge is 0.398 e. The van der Waals surface area contributed by atoms with Gasteiger partial charge >= 0.3 is 0 Å². The Morgan fingerprint density at radius 1 is 1.00 bits per heavy atom. The van der Waals surface area contributed by atoms with Gasteiger partial charge in [0.15, 0.2) is 0 Å². The highest BCUT2D eigenvalue weighted by Gasteiger charge is 2.08. The standard InChI is InChI=1S/C14H22Cl2N2/c1-3-6-18(7-4-2)8-5-11-9-14(17)13(16)10-12(11)15/h9-10H,3-8,17H2,1-2H3. The molecule has 0 bridgehead atoms. The Morgan fingerprint density at radius 3 is 2.17 bits per heavy atom. The van der Waals surface area contributed by atoms with Crippen molar-refractivity contribution in [2.75, 3.05) is 25.4 Å². The fourth-order valence-electron chi connectivity index (χ4n) is 2.05. The molecule has 0 fully saturated rings. The van der Waals surface area contributed by atoms with Crippen molar-refractivity contribution >= 4 is 28.9 Å². The smallest absolute Gasteiger partial charge is 0.0650 e. The second kappa shape index (κ2) is 7.88. The molecule has 2 N–H and O–H groups in total. The van der Waals surface area contributed by atoms with E-state index in [-0.39, 0.29) is 0 Å². The Hall–Kier alpha value is -0.440. The van der Waals surface area contributed by atoms with Gasteiger partial charge in [0.25, 0.3) is 0 Å². The van der Waals surface area contributed by atoms with E-state index < -0.39 is 0 Å². The molecule has 0 amide bonds. The maximum absolute atomic E-state index is 6.18. The minimum absolute atomic E-state index is 0.530. The predicted molar refractivity (Wildman–Crippen MR) is 81.6 cm³/mol.